The van der Waals surface area contributed by atoms with Crippen LogP contribution in [0, 0.1) is 5.41 Å². The molecule has 4 N–H and O–H groups in total. The van der Waals surface area contributed by atoms with Crippen molar-refractivity contribution in [1.82, 2.24) is 41.1 Å². The fourth-order valence-corrected chi connectivity index (χ4v) is 6.55. The molecule has 0 aliphatic carbocycles. The number of esters is 2. The molecule has 19 heteroatoms. The zero-order valence-electron chi connectivity index (χ0n) is 25.6. The number of aryl methyl sites for hydroxylation is 1. The molecule has 1 fully saturated rings. The Labute approximate surface area is 271 Å². The number of ether oxygens (including phenoxy) is 2. The molecule has 0 radical (unpaired) electrons. The number of anilines is 1. The molecule has 46 heavy (non-hydrogen) atoms. The van der Waals surface area contributed by atoms with E-state index in [1.165, 1.54) is 40.2 Å². The summed E-state index contributed by atoms with van der Waals surface area (Å²) in [6.45, 7) is 4.34. The Morgan fingerprint density at radius 2 is 1.85 bits per heavy atom. The number of urea groups is 2. The number of fused-ring (bicyclic) bond motifs is 1. The van der Waals surface area contributed by atoms with Crippen molar-refractivity contribution in [3.63, 3.8) is 0 Å². The summed E-state index contributed by atoms with van der Waals surface area (Å²) in [5.41, 5.74) is 0.518. The fourth-order valence-electron chi connectivity index (χ4n) is 4.21. The lowest BCUT2D eigenvalue weighted by molar-refractivity contribution is -0.173. The van der Waals surface area contributed by atoms with Gasteiger partial charge in [-0.2, -0.15) is 0 Å². The summed E-state index contributed by atoms with van der Waals surface area (Å²) in [5, 5.41) is 20.8. The number of benzene rings is 1. The van der Waals surface area contributed by atoms with Crippen molar-refractivity contribution in [3.05, 3.63) is 41.1 Å². The highest BCUT2D eigenvalue weighted by atomic mass is 32.2. The highest BCUT2D eigenvalue weighted by Gasteiger charge is 2.54. The molecule has 1 aromatic carbocycles. The number of nitrogens with zero attached hydrogens (tertiary/aromatic N) is 5. The number of aromatic nitrogens is 4. The summed E-state index contributed by atoms with van der Waals surface area (Å²) in [6, 6.07) is 4.08. The summed E-state index contributed by atoms with van der Waals surface area (Å²) >= 11 is 2.62. The number of thioether (sulfide) groups is 2. The number of carbonyl (C=O) groups excluding carboxylic acids is 6. The number of hydrogen-bond donors (Lipinski definition) is 4. The predicted octanol–water partition coefficient (Wildman–Crippen LogP) is 0.750. The Morgan fingerprint density at radius 1 is 1.11 bits per heavy atom. The Hall–Kier alpha value is -4.65. The number of tetrazole rings is 1. The first kappa shape index (κ1) is 34.2. The molecule has 0 spiro atoms. The van der Waals surface area contributed by atoms with Gasteiger partial charge in [-0.15, -0.1) is 16.9 Å². The van der Waals surface area contributed by atoms with Crippen LogP contribution < -0.4 is 21.3 Å². The number of rotatable bonds is 10. The lowest BCUT2D eigenvalue weighted by Crippen LogP contribution is -2.70. The molecule has 0 bridgehead atoms. The second-order valence-electron chi connectivity index (χ2n) is 11.0. The molecule has 4 rings (SSSR count). The van der Waals surface area contributed by atoms with Crippen LogP contribution >= 0.6 is 23.5 Å². The second kappa shape index (κ2) is 14.6. The Balaban J connectivity index is 1.45. The van der Waals surface area contributed by atoms with Crippen LogP contribution in [0.1, 0.15) is 26.3 Å². The van der Waals surface area contributed by atoms with Crippen LogP contribution in [0.2, 0.25) is 0 Å². The normalized spacial score (nSPS) is 17.3. The summed E-state index contributed by atoms with van der Waals surface area (Å²) in [5.74, 6) is -1.85. The molecule has 2 aliphatic heterocycles. The van der Waals surface area contributed by atoms with E-state index in [2.05, 4.69) is 36.8 Å². The van der Waals surface area contributed by atoms with Gasteiger partial charge in [0.15, 0.2) is 0 Å². The number of hydrogen-bond acceptors (Lipinski definition) is 13. The van der Waals surface area contributed by atoms with Crippen molar-refractivity contribution in [2.45, 2.75) is 43.8 Å². The first-order chi connectivity index (χ1) is 21.8. The maximum atomic E-state index is 13.4. The molecule has 17 nitrogen and oxygen atoms in total. The Bertz CT molecular complexity index is 1570. The standard InChI is InChI=1S/C27H33N9O8S2/c1-27(2,3)23(40)44-13-43-22(39)19-15(12-46-26-32-33-34-35(26)5)11-45-21-18(20(38)36(19)21)30-17(37)10-14-8-6-7-9-16(14)29-25(42)31-24(41)28-4/h6-9,18,21H,10-13H2,1-5H3,(H,30,37)(H3,28,29,31,41,42). The number of carbonyl (C=O) groups is 6. The van der Waals surface area contributed by atoms with E-state index in [0.29, 0.717) is 27.7 Å². The minimum atomic E-state index is -0.937. The molecule has 1 saturated heterocycles. The molecular weight excluding hydrogens is 642 g/mol. The highest BCUT2D eigenvalue weighted by molar-refractivity contribution is 8.01. The van der Waals surface area contributed by atoms with Crippen molar-refractivity contribution in [2.24, 2.45) is 12.5 Å². The average molecular weight is 676 g/mol. The van der Waals surface area contributed by atoms with Crippen molar-refractivity contribution in [1.29, 1.82) is 0 Å². The molecule has 2 unspecified atom stereocenters. The molecule has 0 saturated carbocycles. The van der Waals surface area contributed by atoms with E-state index in [0.717, 1.165) is 0 Å². The molecule has 1 aromatic heterocycles. The van der Waals surface area contributed by atoms with Crippen molar-refractivity contribution < 1.29 is 38.2 Å². The summed E-state index contributed by atoms with van der Waals surface area (Å²) < 4.78 is 11.8. The van der Waals surface area contributed by atoms with Crippen LogP contribution in [0.25, 0.3) is 0 Å². The molecule has 6 amide bonds. The first-order valence-corrected chi connectivity index (χ1v) is 15.9. The highest BCUT2D eigenvalue weighted by Crippen LogP contribution is 2.42. The molecule has 2 aromatic rings. The number of β-lactam (4-membered cyclic amide) rings is 1. The van der Waals surface area contributed by atoms with Crippen LogP contribution in [0.15, 0.2) is 40.7 Å². The smallest absolute Gasteiger partial charge is 0.357 e. The van der Waals surface area contributed by atoms with Crippen molar-refractivity contribution >= 4 is 65.0 Å². The zero-order chi connectivity index (χ0) is 33.6. The van der Waals surface area contributed by atoms with E-state index in [1.54, 1.807) is 52.1 Å². The van der Waals surface area contributed by atoms with Gasteiger partial charge in [-0.3, -0.25) is 24.6 Å². The third-order valence-electron chi connectivity index (χ3n) is 6.58. The van der Waals surface area contributed by atoms with Gasteiger partial charge in [0.1, 0.15) is 17.1 Å². The van der Waals surface area contributed by atoms with Crippen LogP contribution in [-0.4, -0.2) is 97.7 Å². The van der Waals surface area contributed by atoms with Gasteiger partial charge in [0, 0.05) is 31.3 Å². The average Bonchev–Trinajstić information content (AvgIpc) is 3.42. The summed E-state index contributed by atoms with van der Waals surface area (Å²) in [7, 11) is 3.03. The molecule has 2 atom stereocenters. The number of imide groups is 1. The maximum absolute atomic E-state index is 13.4. The summed E-state index contributed by atoms with van der Waals surface area (Å²) in [4.78, 5) is 76.8. The van der Waals surface area contributed by atoms with E-state index < -0.39 is 59.4 Å². The SMILES string of the molecule is CNC(=O)NC(=O)Nc1ccccc1CC(=O)NC1C(=O)N2C(C(=O)OCOC(=O)C(C)(C)C)=C(CSc3nnnn3C)CSC12. The first-order valence-electron chi connectivity index (χ1n) is 13.8. The van der Waals surface area contributed by atoms with Crippen molar-refractivity contribution in [2.75, 3.05) is 30.7 Å². The number of para-hydroxylation sites is 1. The minimum Gasteiger partial charge on any atom is -0.427 e. The van der Waals surface area contributed by atoms with E-state index in [1.807, 2.05) is 0 Å². The van der Waals surface area contributed by atoms with Gasteiger partial charge in [-0.05, 0) is 48.4 Å². The Morgan fingerprint density at radius 3 is 2.52 bits per heavy atom. The molecular formula is C27H33N9O8S2. The van der Waals surface area contributed by atoms with Crippen molar-refractivity contribution in [3.8, 4) is 0 Å². The van der Waals surface area contributed by atoms with Crippen LogP contribution in [0.5, 0.6) is 0 Å². The van der Waals surface area contributed by atoms with Gasteiger partial charge >= 0.3 is 24.0 Å². The quantitative estimate of drug-likeness (QED) is 0.119. The van der Waals surface area contributed by atoms with E-state index in [-0.39, 0.29) is 17.9 Å². The fraction of sp³-hybridized carbons (Fsp3) is 0.444. The molecule has 3 heterocycles. The van der Waals surface area contributed by atoms with Crippen LogP contribution in [0.4, 0.5) is 15.3 Å². The Kier molecular flexibility index (Phi) is 10.9. The largest absolute Gasteiger partial charge is 0.427 e. The lowest BCUT2D eigenvalue weighted by atomic mass is 9.98. The van der Waals surface area contributed by atoms with Gasteiger partial charge < -0.3 is 25.4 Å². The number of nitrogens with one attached hydrogen (secondary N) is 4. The third kappa shape index (κ3) is 8.13. The topological polar surface area (TPSA) is 216 Å². The molecule has 2 aliphatic rings. The monoisotopic (exact) mass is 675 g/mol. The van der Waals surface area contributed by atoms with Gasteiger partial charge in [0.25, 0.3) is 5.91 Å². The van der Waals surface area contributed by atoms with Crippen LogP contribution in [-0.2, 0) is 42.1 Å². The maximum Gasteiger partial charge on any atom is 0.357 e. The van der Waals surface area contributed by atoms with E-state index in [9.17, 15) is 28.8 Å². The van der Waals surface area contributed by atoms with Gasteiger partial charge in [0.05, 0.1) is 11.8 Å². The zero-order valence-corrected chi connectivity index (χ0v) is 27.2. The van der Waals surface area contributed by atoms with Gasteiger partial charge in [-0.1, -0.05) is 30.0 Å². The van der Waals surface area contributed by atoms with Crippen LogP contribution in [0.3, 0.4) is 0 Å². The minimum absolute atomic E-state index is 0.00496. The predicted molar refractivity (Wildman–Crippen MR) is 165 cm³/mol. The lowest BCUT2D eigenvalue weighted by Gasteiger charge is -2.49. The van der Waals surface area contributed by atoms with Gasteiger partial charge in [-0.25, -0.2) is 19.1 Å². The number of amides is 6. The van der Waals surface area contributed by atoms with Gasteiger partial charge in [0.2, 0.25) is 17.9 Å². The van der Waals surface area contributed by atoms with E-state index >= 15 is 0 Å². The molecule has 246 valence electrons. The summed E-state index contributed by atoms with van der Waals surface area (Å²) in [6.07, 6.45) is -0.185. The van der Waals surface area contributed by atoms with E-state index in [4.69, 9.17) is 9.47 Å². The second-order valence-corrected chi connectivity index (χ2v) is 13.1. The third-order valence-corrected chi connectivity index (χ3v) is 9.01.